The number of hydrogen-bond donors (Lipinski definition) is 1. The van der Waals surface area contributed by atoms with Gasteiger partial charge in [-0.3, -0.25) is 0 Å². The Balaban J connectivity index is 1.66. The molecule has 0 aromatic rings. The normalized spacial score (nSPS) is 41.3. The van der Waals surface area contributed by atoms with Crippen LogP contribution in [0.15, 0.2) is 0 Å². The lowest BCUT2D eigenvalue weighted by Gasteiger charge is -2.38. The van der Waals surface area contributed by atoms with Crippen molar-refractivity contribution in [2.75, 3.05) is 13.1 Å². The van der Waals surface area contributed by atoms with Crippen molar-refractivity contribution in [1.29, 1.82) is 0 Å². The van der Waals surface area contributed by atoms with E-state index in [0.29, 0.717) is 35.1 Å². The summed E-state index contributed by atoms with van der Waals surface area (Å²) in [7, 11) is 0. The van der Waals surface area contributed by atoms with Gasteiger partial charge in [0.2, 0.25) is 0 Å². The van der Waals surface area contributed by atoms with Crippen LogP contribution in [0.4, 0.5) is 4.79 Å². The Bertz CT molecular complexity index is 427. The maximum atomic E-state index is 12.3. The first-order chi connectivity index (χ1) is 9.16. The lowest BCUT2D eigenvalue weighted by atomic mass is 9.69. The molecule has 2 heterocycles. The molecular weight excluding hydrogens is 252 g/mol. The molecule has 1 amide bonds. The fourth-order valence-electron chi connectivity index (χ4n) is 4.73. The van der Waals surface area contributed by atoms with Crippen LogP contribution in [0.25, 0.3) is 0 Å². The molecule has 4 fully saturated rings. The SMILES string of the molecule is CC(C)(C)OC(=O)N1C[C@@H]2C[C@H]1C2C1C(CN)C1(C)C. The molecule has 2 N–H and O–H groups in total. The van der Waals surface area contributed by atoms with Crippen molar-refractivity contribution in [3.63, 3.8) is 0 Å². The van der Waals surface area contributed by atoms with Gasteiger partial charge in [0.1, 0.15) is 5.60 Å². The van der Waals surface area contributed by atoms with Crippen LogP contribution in [-0.2, 0) is 4.74 Å². The Labute approximate surface area is 122 Å². The van der Waals surface area contributed by atoms with Gasteiger partial charge in [0.15, 0.2) is 0 Å². The maximum absolute atomic E-state index is 12.3. The fourth-order valence-corrected chi connectivity index (χ4v) is 4.73. The molecule has 2 bridgehead atoms. The van der Waals surface area contributed by atoms with Gasteiger partial charge in [-0.1, -0.05) is 13.8 Å². The van der Waals surface area contributed by atoms with Gasteiger partial charge < -0.3 is 15.4 Å². The number of amides is 1. The fraction of sp³-hybridized carbons (Fsp3) is 0.938. The number of ether oxygens (including phenoxy) is 1. The number of rotatable bonds is 2. The molecule has 0 spiro atoms. The lowest BCUT2D eigenvalue weighted by molar-refractivity contribution is 0.0177. The van der Waals surface area contributed by atoms with E-state index in [9.17, 15) is 4.79 Å². The van der Waals surface area contributed by atoms with Crippen molar-refractivity contribution in [2.45, 2.75) is 52.7 Å². The predicted molar refractivity (Wildman–Crippen MR) is 78.1 cm³/mol. The van der Waals surface area contributed by atoms with Gasteiger partial charge in [-0.15, -0.1) is 0 Å². The standard InChI is InChI=1S/C16H28N2O2/c1-15(2,3)20-14(19)18-8-9-6-11(18)12(9)13-10(7-17)16(13,4)5/h9-13H,6-8,17H2,1-5H3/t9-,10?,11-,12?,13?/m0/s1. The second-order valence-corrected chi connectivity index (χ2v) is 8.46. The summed E-state index contributed by atoms with van der Waals surface area (Å²) in [6.07, 6.45) is 1.03. The first-order valence-electron chi connectivity index (χ1n) is 7.86. The van der Waals surface area contributed by atoms with Crippen molar-refractivity contribution in [1.82, 2.24) is 4.90 Å². The Hall–Kier alpha value is -0.770. The third kappa shape index (κ3) is 1.95. The Morgan fingerprint density at radius 2 is 2.05 bits per heavy atom. The predicted octanol–water partition coefficient (Wildman–Crippen LogP) is 2.47. The van der Waals surface area contributed by atoms with Crippen LogP contribution in [0.5, 0.6) is 0 Å². The van der Waals surface area contributed by atoms with E-state index in [4.69, 9.17) is 10.5 Å². The van der Waals surface area contributed by atoms with Gasteiger partial charge in [-0.05, 0) is 62.8 Å². The molecule has 4 nitrogen and oxygen atoms in total. The van der Waals surface area contributed by atoms with Crippen LogP contribution in [0, 0.1) is 29.1 Å². The summed E-state index contributed by atoms with van der Waals surface area (Å²) in [5.74, 6) is 2.67. The Morgan fingerprint density at radius 3 is 2.55 bits per heavy atom. The van der Waals surface area contributed by atoms with E-state index in [1.165, 1.54) is 0 Å². The second kappa shape index (κ2) is 4.12. The van der Waals surface area contributed by atoms with Crippen molar-refractivity contribution in [3.05, 3.63) is 0 Å². The zero-order chi connectivity index (χ0) is 14.9. The van der Waals surface area contributed by atoms with Gasteiger partial charge >= 0.3 is 6.09 Å². The molecule has 0 aromatic carbocycles. The summed E-state index contributed by atoms with van der Waals surface area (Å²) in [5, 5.41) is 0. The van der Waals surface area contributed by atoms with E-state index < -0.39 is 5.60 Å². The molecule has 2 aliphatic heterocycles. The van der Waals surface area contributed by atoms with E-state index in [1.54, 1.807) is 0 Å². The first kappa shape index (κ1) is 14.2. The van der Waals surface area contributed by atoms with Crippen molar-refractivity contribution in [3.8, 4) is 0 Å². The highest BCUT2D eigenvalue weighted by molar-refractivity contribution is 5.70. The molecule has 114 valence electrons. The average molecular weight is 280 g/mol. The number of hydrogen-bond acceptors (Lipinski definition) is 3. The number of nitrogens with two attached hydrogens (primary N) is 1. The molecule has 0 radical (unpaired) electrons. The number of nitrogens with zero attached hydrogens (tertiary/aromatic N) is 1. The summed E-state index contributed by atoms with van der Waals surface area (Å²) in [5.41, 5.74) is 5.86. The van der Waals surface area contributed by atoms with E-state index in [0.717, 1.165) is 19.5 Å². The molecule has 3 unspecified atom stereocenters. The first-order valence-corrected chi connectivity index (χ1v) is 7.86. The van der Waals surface area contributed by atoms with Gasteiger partial charge in [-0.2, -0.15) is 0 Å². The van der Waals surface area contributed by atoms with Crippen LogP contribution in [0.1, 0.15) is 41.0 Å². The average Bonchev–Trinajstić information content (AvgIpc) is 2.71. The third-order valence-corrected chi connectivity index (χ3v) is 5.80. The molecule has 0 aromatic heterocycles. The Kier molecular flexibility index (Phi) is 2.92. The van der Waals surface area contributed by atoms with Crippen LogP contribution in [0.2, 0.25) is 0 Å². The number of carbonyl (C=O) groups is 1. The molecule has 5 atom stereocenters. The van der Waals surface area contributed by atoms with Crippen molar-refractivity contribution < 1.29 is 9.53 Å². The molecule has 2 aliphatic carbocycles. The number of carbonyl (C=O) groups excluding carboxylic acids is 1. The van der Waals surface area contributed by atoms with E-state index in [1.807, 2.05) is 25.7 Å². The smallest absolute Gasteiger partial charge is 0.410 e. The molecule has 2 saturated heterocycles. The summed E-state index contributed by atoms with van der Waals surface area (Å²) in [6, 6.07) is 0.399. The quantitative estimate of drug-likeness (QED) is 0.845. The topological polar surface area (TPSA) is 55.6 Å². The van der Waals surface area contributed by atoms with Crippen LogP contribution < -0.4 is 5.73 Å². The second-order valence-electron chi connectivity index (χ2n) is 8.46. The number of fused-ring (bicyclic) bond motifs is 1. The highest BCUT2D eigenvalue weighted by atomic mass is 16.6. The van der Waals surface area contributed by atoms with Gasteiger partial charge in [0.05, 0.1) is 0 Å². The maximum Gasteiger partial charge on any atom is 0.410 e. The summed E-state index contributed by atoms with van der Waals surface area (Å²) >= 11 is 0. The highest BCUT2D eigenvalue weighted by Gasteiger charge is 2.68. The monoisotopic (exact) mass is 280 g/mol. The van der Waals surface area contributed by atoms with Gasteiger partial charge in [0, 0.05) is 12.6 Å². The van der Waals surface area contributed by atoms with Crippen LogP contribution in [-0.4, -0.2) is 35.7 Å². The molecule has 2 saturated carbocycles. The summed E-state index contributed by atoms with van der Waals surface area (Å²) in [6.45, 7) is 12.1. The van der Waals surface area contributed by atoms with E-state index in [2.05, 4.69) is 13.8 Å². The molecule has 20 heavy (non-hydrogen) atoms. The van der Waals surface area contributed by atoms with Crippen LogP contribution in [0.3, 0.4) is 0 Å². The molecule has 4 aliphatic rings. The van der Waals surface area contributed by atoms with Crippen molar-refractivity contribution >= 4 is 6.09 Å². The molecular formula is C16H28N2O2. The molecule has 4 rings (SSSR count). The third-order valence-electron chi connectivity index (χ3n) is 5.80. The largest absolute Gasteiger partial charge is 0.444 e. The minimum atomic E-state index is -0.405. The zero-order valence-electron chi connectivity index (χ0n) is 13.3. The van der Waals surface area contributed by atoms with Crippen LogP contribution >= 0.6 is 0 Å². The van der Waals surface area contributed by atoms with Crippen molar-refractivity contribution in [2.24, 2.45) is 34.8 Å². The lowest BCUT2D eigenvalue weighted by Crippen LogP contribution is -2.44. The highest BCUT2D eigenvalue weighted by Crippen LogP contribution is 2.68. The zero-order valence-corrected chi connectivity index (χ0v) is 13.3. The van der Waals surface area contributed by atoms with E-state index >= 15 is 0 Å². The minimum absolute atomic E-state index is 0.129. The minimum Gasteiger partial charge on any atom is -0.444 e. The summed E-state index contributed by atoms with van der Waals surface area (Å²) in [4.78, 5) is 14.3. The van der Waals surface area contributed by atoms with Gasteiger partial charge in [-0.25, -0.2) is 4.79 Å². The van der Waals surface area contributed by atoms with E-state index in [-0.39, 0.29) is 6.09 Å². The van der Waals surface area contributed by atoms with Gasteiger partial charge in [0.25, 0.3) is 0 Å². The summed E-state index contributed by atoms with van der Waals surface area (Å²) < 4.78 is 5.53. The molecule has 4 heteroatoms. The Morgan fingerprint density at radius 1 is 1.40 bits per heavy atom.